The number of pyridine rings is 1. The van der Waals surface area contributed by atoms with Gasteiger partial charge in [-0.15, -0.1) is 0 Å². The van der Waals surface area contributed by atoms with Gasteiger partial charge < -0.3 is 14.5 Å². The molecule has 29 heavy (non-hydrogen) atoms. The van der Waals surface area contributed by atoms with Crippen LogP contribution in [0.15, 0.2) is 58.5 Å². The maximum atomic E-state index is 13.6. The summed E-state index contributed by atoms with van der Waals surface area (Å²) in [5.74, 6) is 0.680. The molecule has 0 amide bonds. The summed E-state index contributed by atoms with van der Waals surface area (Å²) in [6, 6.07) is 12.6. The van der Waals surface area contributed by atoms with E-state index in [9.17, 15) is 8.42 Å². The van der Waals surface area contributed by atoms with E-state index in [0.29, 0.717) is 11.4 Å². The van der Waals surface area contributed by atoms with Crippen molar-refractivity contribution in [3.8, 4) is 5.75 Å². The van der Waals surface area contributed by atoms with E-state index in [1.165, 1.54) is 6.20 Å². The minimum atomic E-state index is -3.72. The van der Waals surface area contributed by atoms with Crippen molar-refractivity contribution in [1.82, 2.24) is 9.88 Å². The van der Waals surface area contributed by atoms with Gasteiger partial charge in [0.1, 0.15) is 10.6 Å². The van der Waals surface area contributed by atoms with E-state index >= 15 is 0 Å². The molecule has 1 fully saturated rings. The third kappa shape index (κ3) is 3.68. The van der Waals surface area contributed by atoms with Crippen molar-refractivity contribution in [2.75, 3.05) is 45.2 Å². The van der Waals surface area contributed by atoms with E-state index in [1.807, 2.05) is 37.3 Å². The van der Waals surface area contributed by atoms with Crippen LogP contribution >= 0.6 is 0 Å². The molecule has 3 aromatic rings. The molecule has 152 valence electrons. The number of sulfone groups is 1. The summed E-state index contributed by atoms with van der Waals surface area (Å²) in [5, 5.41) is 0.794. The minimum absolute atomic E-state index is 0.242. The number of fused-ring (bicyclic) bond motifs is 1. The van der Waals surface area contributed by atoms with Crippen LogP contribution in [0.1, 0.15) is 5.56 Å². The largest absolute Gasteiger partial charge is 0.497 e. The first-order chi connectivity index (χ1) is 13.9. The highest BCUT2D eigenvalue weighted by Gasteiger charge is 2.28. The summed E-state index contributed by atoms with van der Waals surface area (Å²) in [4.78, 5) is 9.39. The number of ether oxygens (including phenoxy) is 1. The predicted octanol–water partition coefficient (Wildman–Crippen LogP) is 3.14. The Balaban J connectivity index is 1.95. The number of nitrogens with zero attached hydrogens (tertiary/aromatic N) is 3. The maximum absolute atomic E-state index is 13.6. The van der Waals surface area contributed by atoms with Gasteiger partial charge in [-0.2, -0.15) is 0 Å². The number of likely N-dealkylation sites (N-methyl/N-ethyl adjacent to an activating group) is 1. The zero-order valence-corrected chi connectivity index (χ0v) is 17.7. The number of rotatable bonds is 4. The van der Waals surface area contributed by atoms with Crippen molar-refractivity contribution in [1.29, 1.82) is 0 Å². The molecule has 2 aromatic carbocycles. The fourth-order valence-corrected chi connectivity index (χ4v) is 5.10. The topological polar surface area (TPSA) is 62.7 Å². The monoisotopic (exact) mass is 411 g/mol. The summed E-state index contributed by atoms with van der Waals surface area (Å²) < 4.78 is 32.5. The zero-order valence-electron chi connectivity index (χ0n) is 16.9. The van der Waals surface area contributed by atoms with Crippen LogP contribution in [0, 0.1) is 6.92 Å². The van der Waals surface area contributed by atoms with E-state index in [0.717, 1.165) is 42.6 Å². The molecule has 2 heterocycles. The lowest BCUT2D eigenvalue weighted by molar-refractivity contribution is 0.312. The molecule has 0 bridgehead atoms. The average Bonchev–Trinajstić information content (AvgIpc) is 2.73. The van der Waals surface area contributed by atoms with Crippen molar-refractivity contribution in [2.24, 2.45) is 0 Å². The summed E-state index contributed by atoms with van der Waals surface area (Å²) >= 11 is 0. The smallest absolute Gasteiger partial charge is 0.210 e. The average molecular weight is 412 g/mol. The molecule has 0 radical (unpaired) electrons. The Kier molecular flexibility index (Phi) is 5.19. The van der Waals surface area contributed by atoms with Crippen LogP contribution in [0.5, 0.6) is 5.75 Å². The molecule has 0 aliphatic carbocycles. The number of aromatic nitrogens is 1. The highest BCUT2D eigenvalue weighted by Crippen LogP contribution is 2.37. The summed E-state index contributed by atoms with van der Waals surface area (Å²) in [5.41, 5.74) is 2.48. The summed E-state index contributed by atoms with van der Waals surface area (Å²) in [7, 11) is -0.0324. The number of benzene rings is 2. The van der Waals surface area contributed by atoms with Gasteiger partial charge in [-0.05, 0) is 44.3 Å². The molecule has 0 N–H and O–H groups in total. The Bertz CT molecular complexity index is 1140. The third-order valence-corrected chi connectivity index (χ3v) is 7.22. The molecule has 6 nitrogen and oxygen atoms in total. The molecule has 0 unspecified atom stereocenters. The Morgan fingerprint density at radius 2 is 1.69 bits per heavy atom. The zero-order chi connectivity index (χ0) is 20.6. The van der Waals surface area contributed by atoms with E-state index in [4.69, 9.17) is 4.74 Å². The summed E-state index contributed by atoms with van der Waals surface area (Å²) in [6.45, 7) is 5.19. The van der Waals surface area contributed by atoms with Gasteiger partial charge in [-0.25, -0.2) is 8.42 Å². The first kappa shape index (κ1) is 19.7. The molecule has 4 rings (SSSR count). The van der Waals surface area contributed by atoms with Gasteiger partial charge in [0.05, 0.1) is 23.2 Å². The molecule has 1 aliphatic heterocycles. The standard InChI is InChI=1S/C22H25N3O3S/c1-16-4-7-18(8-5-16)29(26,27)21-15-23-20-9-6-17(28-3)14-19(20)22(21)25-12-10-24(2)11-13-25/h4-9,14-15H,10-13H2,1-3H3. The van der Waals surface area contributed by atoms with Crippen LogP contribution in [-0.2, 0) is 9.84 Å². The molecule has 1 aliphatic rings. The Morgan fingerprint density at radius 3 is 2.34 bits per heavy atom. The molecular weight excluding hydrogens is 386 g/mol. The van der Waals surface area contributed by atoms with E-state index in [2.05, 4.69) is 21.8 Å². The van der Waals surface area contributed by atoms with Crippen LogP contribution in [0.2, 0.25) is 0 Å². The van der Waals surface area contributed by atoms with Crippen molar-refractivity contribution in [3.05, 3.63) is 54.2 Å². The Hall–Kier alpha value is -2.64. The normalized spacial score (nSPS) is 15.6. The second-order valence-corrected chi connectivity index (χ2v) is 9.38. The summed E-state index contributed by atoms with van der Waals surface area (Å²) in [6.07, 6.45) is 1.50. The molecular formula is C22H25N3O3S. The van der Waals surface area contributed by atoms with Gasteiger partial charge in [-0.3, -0.25) is 4.98 Å². The molecule has 0 saturated carbocycles. The highest BCUT2D eigenvalue weighted by atomic mass is 32.2. The fourth-order valence-electron chi connectivity index (χ4n) is 3.66. The van der Waals surface area contributed by atoms with Gasteiger partial charge in [-0.1, -0.05) is 17.7 Å². The second kappa shape index (κ2) is 7.65. The lowest BCUT2D eigenvalue weighted by Gasteiger charge is -2.35. The third-order valence-electron chi connectivity index (χ3n) is 5.45. The maximum Gasteiger partial charge on any atom is 0.210 e. The number of hydrogen-bond donors (Lipinski definition) is 0. The SMILES string of the molecule is COc1ccc2ncc(S(=O)(=O)c3ccc(C)cc3)c(N3CCN(C)CC3)c2c1. The van der Waals surface area contributed by atoms with Crippen LogP contribution in [0.25, 0.3) is 10.9 Å². The highest BCUT2D eigenvalue weighted by molar-refractivity contribution is 7.91. The lowest BCUT2D eigenvalue weighted by Crippen LogP contribution is -2.45. The molecule has 7 heteroatoms. The number of methoxy groups -OCH3 is 1. The van der Waals surface area contributed by atoms with Gasteiger partial charge in [0, 0.05) is 37.8 Å². The van der Waals surface area contributed by atoms with Gasteiger partial charge in [0.2, 0.25) is 9.84 Å². The predicted molar refractivity (Wildman–Crippen MR) is 115 cm³/mol. The Morgan fingerprint density at radius 1 is 1.00 bits per heavy atom. The van der Waals surface area contributed by atoms with E-state index in [-0.39, 0.29) is 9.79 Å². The Labute approximate surface area is 171 Å². The number of anilines is 1. The first-order valence-electron chi connectivity index (χ1n) is 9.62. The van der Waals surface area contributed by atoms with Crippen molar-refractivity contribution < 1.29 is 13.2 Å². The van der Waals surface area contributed by atoms with Gasteiger partial charge in [0.15, 0.2) is 0 Å². The molecule has 0 spiro atoms. The van der Waals surface area contributed by atoms with Crippen LogP contribution in [0.4, 0.5) is 5.69 Å². The fraction of sp³-hybridized carbons (Fsp3) is 0.318. The number of piperazine rings is 1. The molecule has 0 atom stereocenters. The molecule has 1 aromatic heterocycles. The van der Waals surface area contributed by atoms with Crippen molar-refractivity contribution in [3.63, 3.8) is 0 Å². The van der Waals surface area contributed by atoms with Crippen molar-refractivity contribution in [2.45, 2.75) is 16.7 Å². The second-order valence-electron chi connectivity index (χ2n) is 7.46. The van der Waals surface area contributed by atoms with E-state index < -0.39 is 9.84 Å². The minimum Gasteiger partial charge on any atom is -0.497 e. The van der Waals surface area contributed by atoms with Gasteiger partial charge in [0.25, 0.3) is 0 Å². The lowest BCUT2D eigenvalue weighted by atomic mass is 10.1. The molecule has 1 saturated heterocycles. The van der Waals surface area contributed by atoms with Crippen LogP contribution in [-0.4, -0.2) is 58.6 Å². The number of aryl methyl sites for hydroxylation is 1. The quantitative estimate of drug-likeness (QED) is 0.657. The van der Waals surface area contributed by atoms with Crippen molar-refractivity contribution >= 4 is 26.4 Å². The van der Waals surface area contributed by atoms with E-state index in [1.54, 1.807) is 19.2 Å². The van der Waals surface area contributed by atoms with Gasteiger partial charge >= 0.3 is 0 Å². The van der Waals surface area contributed by atoms with Crippen LogP contribution < -0.4 is 9.64 Å². The number of hydrogen-bond acceptors (Lipinski definition) is 6. The van der Waals surface area contributed by atoms with Crippen LogP contribution in [0.3, 0.4) is 0 Å². The first-order valence-corrected chi connectivity index (χ1v) is 11.1.